The van der Waals surface area contributed by atoms with E-state index in [4.69, 9.17) is 4.74 Å². The van der Waals surface area contributed by atoms with E-state index in [0.29, 0.717) is 11.4 Å². The van der Waals surface area contributed by atoms with Crippen LogP contribution in [-0.2, 0) is 0 Å². The molecule has 4 heteroatoms. The summed E-state index contributed by atoms with van der Waals surface area (Å²) in [6.45, 7) is 0. The Bertz CT molecular complexity index is 570. The van der Waals surface area contributed by atoms with Crippen molar-refractivity contribution in [2.45, 2.75) is 6.10 Å². The Balaban J connectivity index is 2.22. The topological polar surface area (TPSA) is 42.4 Å². The molecule has 0 saturated carbocycles. The van der Waals surface area contributed by atoms with Crippen LogP contribution in [0.15, 0.2) is 53.1 Å². The number of hydrogen-bond donors (Lipinski definition) is 1. The normalized spacial score (nSPS) is 12.6. The number of rotatable bonds is 4. The Hall–Kier alpha value is -1.65. The number of methoxy groups -OCH3 is 1. The molecule has 0 fully saturated rings. The first-order valence-corrected chi connectivity index (χ1v) is 6.61. The Labute approximate surface area is 120 Å². The lowest BCUT2D eigenvalue weighted by Crippen LogP contribution is -2.00. The summed E-state index contributed by atoms with van der Waals surface area (Å²) in [5, 5.41) is 10.2. The first kappa shape index (κ1) is 13.8. The lowest BCUT2D eigenvalue weighted by atomic mass is 10.1. The van der Waals surface area contributed by atoms with Crippen molar-refractivity contribution in [3.8, 4) is 5.88 Å². The van der Waals surface area contributed by atoms with E-state index in [-0.39, 0.29) is 0 Å². The van der Waals surface area contributed by atoms with Gasteiger partial charge in [-0.25, -0.2) is 4.98 Å². The molecule has 0 spiro atoms. The van der Waals surface area contributed by atoms with Gasteiger partial charge in [-0.3, -0.25) is 0 Å². The maximum absolute atomic E-state index is 10.2. The van der Waals surface area contributed by atoms with Crippen LogP contribution in [0, 0.1) is 0 Å². The van der Waals surface area contributed by atoms with Gasteiger partial charge in [-0.15, -0.1) is 0 Å². The van der Waals surface area contributed by atoms with Crippen molar-refractivity contribution in [1.29, 1.82) is 0 Å². The van der Waals surface area contributed by atoms with E-state index in [0.717, 1.165) is 10.0 Å². The van der Waals surface area contributed by atoms with Crippen LogP contribution in [0.4, 0.5) is 0 Å². The fraction of sp³-hybridized carbons (Fsp3) is 0.133. The highest BCUT2D eigenvalue weighted by atomic mass is 79.9. The Morgan fingerprint density at radius 1 is 1.32 bits per heavy atom. The summed E-state index contributed by atoms with van der Waals surface area (Å²) < 4.78 is 5.95. The van der Waals surface area contributed by atoms with Crippen LogP contribution in [0.25, 0.3) is 6.08 Å². The van der Waals surface area contributed by atoms with Crippen LogP contribution in [0.1, 0.15) is 17.2 Å². The predicted molar refractivity (Wildman–Crippen MR) is 78.9 cm³/mol. The summed E-state index contributed by atoms with van der Waals surface area (Å²) in [5.74, 6) is 0.424. The number of pyridine rings is 1. The first-order chi connectivity index (χ1) is 9.20. The van der Waals surface area contributed by atoms with Gasteiger partial charge in [-0.2, -0.15) is 0 Å². The monoisotopic (exact) mass is 319 g/mol. The third-order valence-corrected chi connectivity index (χ3v) is 3.06. The number of aromatic nitrogens is 1. The third-order valence-electron chi connectivity index (χ3n) is 2.63. The van der Waals surface area contributed by atoms with Crippen molar-refractivity contribution in [3.05, 3.63) is 64.3 Å². The minimum absolute atomic E-state index is 0.424. The average Bonchev–Trinajstić information content (AvgIpc) is 2.46. The molecule has 0 aliphatic carbocycles. The summed E-state index contributed by atoms with van der Waals surface area (Å²) in [4.78, 5) is 4.11. The zero-order valence-electron chi connectivity index (χ0n) is 10.5. The lowest BCUT2D eigenvalue weighted by Gasteiger charge is -2.10. The van der Waals surface area contributed by atoms with Gasteiger partial charge in [0.05, 0.1) is 7.11 Å². The van der Waals surface area contributed by atoms with Gasteiger partial charge in [0.15, 0.2) is 0 Å². The van der Waals surface area contributed by atoms with Gasteiger partial charge in [-0.1, -0.05) is 42.5 Å². The summed E-state index contributed by atoms with van der Waals surface area (Å²) in [6, 6.07) is 11.6. The van der Waals surface area contributed by atoms with E-state index in [2.05, 4.69) is 20.9 Å². The van der Waals surface area contributed by atoms with E-state index >= 15 is 0 Å². The second-order valence-corrected chi connectivity index (χ2v) is 4.88. The minimum Gasteiger partial charge on any atom is -0.481 e. The van der Waals surface area contributed by atoms with E-state index in [9.17, 15) is 5.11 Å². The highest BCUT2D eigenvalue weighted by Crippen LogP contribution is 2.27. The van der Waals surface area contributed by atoms with Gasteiger partial charge in [-0.05, 0) is 27.6 Å². The van der Waals surface area contributed by atoms with Crippen molar-refractivity contribution in [2.75, 3.05) is 7.11 Å². The lowest BCUT2D eigenvalue weighted by molar-refractivity contribution is 0.222. The molecule has 1 N–H and O–H groups in total. The quantitative estimate of drug-likeness (QED) is 0.936. The molecule has 3 nitrogen and oxygen atoms in total. The fourth-order valence-electron chi connectivity index (χ4n) is 1.69. The largest absolute Gasteiger partial charge is 0.481 e. The van der Waals surface area contributed by atoms with Crippen molar-refractivity contribution in [3.63, 3.8) is 0 Å². The molecule has 1 aromatic heterocycles. The standard InChI is InChI=1S/C15H14BrNO2/c1-19-15-13(9-12(16)10-17-15)14(18)8-7-11-5-3-2-4-6-11/h2-10,14,18H,1H3/b8-7+. The van der Waals surface area contributed by atoms with Crippen LogP contribution in [0.3, 0.4) is 0 Å². The van der Waals surface area contributed by atoms with E-state index in [1.807, 2.05) is 36.4 Å². The summed E-state index contributed by atoms with van der Waals surface area (Å²) in [6.07, 6.45) is 4.45. The molecule has 1 aromatic carbocycles. The second kappa shape index (κ2) is 6.50. The molecular weight excluding hydrogens is 306 g/mol. The van der Waals surface area contributed by atoms with Crippen molar-refractivity contribution < 1.29 is 9.84 Å². The van der Waals surface area contributed by atoms with E-state index < -0.39 is 6.10 Å². The number of aliphatic hydroxyl groups is 1. The zero-order valence-corrected chi connectivity index (χ0v) is 12.0. The molecule has 2 aromatic rings. The smallest absolute Gasteiger partial charge is 0.219 e. The number of ether oxygens (including phenoxy) is 1. The molecule has 0 bridgehead atoms. The molecule has 0 aliphatic rings. The Kier molecular flexibility index (Phi) is 4.71. The number of halogens is 1. The molecule has 0 aliphatic heterocycles. The zero-order chi connectivity index (χ0) is 13.7. The molecular formula is C15H14BrNO2. The molecule has 0 saturated heterocycles. The molecule has 1 heterocycles. The Morgan fingerprint density at radius 2 is 2.05 bits per heavy atom. The summed E-state index contributed by atoms with van der Waals surface area (Å²) in [5.41, 5.74) is 1.66. The van der Waals surface area contributed by atoms with Crippen molar-refractivity contribution in [2.24, 2.45) is 0 Å². The first-order valence-electron chi connectivity index (χ1n) is 5.81. The van der Waals surface area contributed by atoms with Gasteiger partial charge >= 0.3 is 0 Å². The highest BCUT2D eigenvalue weighted by Gasteiger charge is 2.12. The third kappa shape index (κ3) is 3.66. The minimum atomic E-state index is -0.764. The fourth-order valence-corrected chi connectivity index (χ4v) is 2.04. The van der Waals surface area contributed by atoms with Gasteiger partial charge in [0, 0.05) is 16.2 Å². The van der Waals surface area contributed by atoms with Crippen LogP contribution in [0.5, 0.6) is 5.88 Å². The van der Waals surface area contributed by atoms with Crippen LogP contribution >= 0.6 is 15.9 Å². The maximum Gasteiger partial charge on any atom is 0.219 e. The molecule has 98 valence electrons. The number of aliphatic hydroxyl groups excluding tert-OH is 1. The molecule has 1 unspecified atom stereocenters. The van der Waals surface area contributed by atoms with E-state index in [1.54, 1.807) is 18.3 Å². The Morgan fingerprint density at radius 3 is 2.74 bits per heavy atom. The van der Waals surface area contributed by atoms with Crippen LogP contribution < -0.4 is 4.74 Å². The molecule has 19 heavy (non-hydrogen) atoms. The predicted octanol–water partition coefficient (Wildman–Crippen LogP) is 3.60. The average molecular weight is 320 g/mol. The highest BCUT2D eigenvalue weighted by molar-refractivity contribution is 9.10. The molecule has 1 atom stereocenters. The van der Waals surface area contributed by atoms with Crippen molar-refractivity contribution in [1.82, 2.24) is 4.98 Å². The van der Waals surface area contributed by atoms with Crippen LogP contribution in [-0.4, -0.2) is 17.2 Å². The molecule has 2 rings (SSSR count). The molecule has 0 radical (unpaired) electrons. The van der Waals surface area contributed by atoms with E-state index in [1.165, 1.54) is 7.11 Å². The van der Waals surface area contributed by atoms with Gasteiger partial charge in [0.1, 0.15) is 6.10 Å². The van der Waals surface area contributed by atoms with Crippen molar-refractivity contribution >= 4 is 22.0 Å². The second-order valence-electron chi connectivity index (χ2n) is 3.97. The summed E-state index contributed by atoms with van der Waals surface area (Å²) in [7, 11) is 1.54. The SMILES string of the molecule is COc1ncc(Br)cc1C(O)/C=C/c1ccccc1. The van der Waals surface area contributed by atoms with Gasteiger partial charge < -0.3 is 9.84 Å². The summed E-state index contributed by atoms with van der Waals surface area (Å²) >= 11 is 3.34. The van der Waals surface area contributed by atoms with Crippen LogP contribution in [0.2, 0.25) is 0 Å². The number of benzene rings is 1. The van der Waals surface area contributed by atoms with Gasteiger partial charge in [0.25, 0.3) is 0 Å². The number of nitrogens with zero attached hydrogens (tertiary/aromatic N) is 1. The van der Waals surface area contributed by atoms with Gasteiger partial charge in [0.2, 0.25) is 5.88 Å². The maximum atomic E-state index is 10.2. The number of hydrogen-bond acceptors (Lipinski definition) is 3. The molecule has 0 amide bonds.